The SMILES string of the molecule is NC1CCN(c2ccnc(NC3CC4CCC5CC453)c2)C1. The summed E-state index contributed by atoms with van der Waals surface area (Å²) in [7, 11) is 0. The average molecular weight is 284 g/mol. The molecule has 0 amide bonds. The second-order valence-corrected chi connectivity index (χ2v) is 7.61. The van der Waals surface area contributed by atoms with Crippen LogP contribution in [0.1, 0.15) is 32.1 Å². The number of pyridine rings is 1. The van der Waals surface area contributed by atoms with Crippen molar-refractivity contribution in [2.24, 2.45) is 23.0 Å². The summed E-state index contributed by atoms with van der Waals surface area (Å²) in [6.07, 6.45) is 8.81. The van der Waals surface area contributed by atoms with E-state index in [1.54, 1.807) is 0 Å². The third kappa shape index (κ3) is 1.68. The molecular formula is C17H24N4. The minimum absolute atomic E-state index is 0.326. The molecule has 112 valence electrons. The van der Waals surface area contributed by atoms with E-state index in [0.717, 1.165) is 37.2 Å². The Morgan fingerprint density at radius 3 is 2.95 bits per heavy atom. The number of nitrogens with zero attached hydrogens (tertiary/aromatic N) is 2. The fourth-order valence-corrected chi connectivity index (χ4v) is 5.39. The molecule has 1 saturated heterocycles. The van der Waals surface area contributed by atoms with Crippen molar-refractivity contribution >= 4 is 11.5 Å². The standard InChI is InChI=1S/C17H24N4/c18-13-4-6-21(10-13)14-3-5-19-16(8-14)20-15-7-11-1-2-12-9-17(11,12)15/h3,5,8,11-13,15H,1-2,4,6-7,9-10,18H2,(H,19,20). The topological polar surface area (TPSA) is 54.2 Å². The minimum atomic E-state index is 0.326. The second kappa shape index (κ2) is 4.13. The lowest BCUT2D eigenvalue weighted by Gasteiger charge is -2.44. The van der Waals surface area contributed by atoms with Crippen molar-refractivity contribution in [1.29, 1.82) is 0 Å². The first kappa shape index (κ1) is 12.3. The van der Waals surface area contributed by atoms with Crippen LogP contribution in [0.4, 0.5) is 11.5 Å². The number of aromatic nitrogens is 1. The molecule has 1 aromatic heterocycles. The molecule has 1 spiro atoms. The monoisotopic (exact) mass is 284 g/mol. The van der Waals surface area contributed by atoms with E-state index in [1.807, 2.05) is 6.20 Å². The summed E-state index contributed by atoms with van der Waals surface area (Å²) < 4.78 is 0. The molecule has 1 aromatic rings. The van der Waals surface area contributed by atoms with Gasteiger partial charge >= 0.3 is 0 Å². The van der Waals surface area contributed by atoms with E-state index in [4.69, 9.17) is 5.73 Å². The van der Waals surface area contributed by atoms with E-state index in [9.17, 15) is 0 Å². The number of nitrogens with two attached hydrogens (primary N) is 1. The van der Waals surface area contributed by atoms with Gasteiger partial charge in [-0.3, -0.25) is 0 Å². The molecule has 4 heteroatoms. The van der Waals surface area contributed by atoms with Crippen molar-refractivity contribution in [3.05, 3.63) is 18.3 Å². The summed E-state index contributed by atoms with van der Waals surface area (Å²) in [5.41, 5.74) is 7.97. The van der Waals surface area contributed by atoms with E-state index >= 15 is 0 Å². The number of hydrogen-bond acceptors (Lipinski definition) is 4. The molecule has 3 N–H and O–H groups in total. The molecule has 0 bridgehead atoms. The first-order chi connectivity index (χ1) is 10.3. The van der Waals surface area contributed by atoms with Crippen molar-refractivity contribution in [1.82, 2.24) is 4.98 Å². The van der Waals surface area contributed by atoms with Gasteiger partial charge in [-0.05, 0) is 55.4 Å². The summed E-state index contributed by atoms with van der Waals surface area (Å²) in [6.45, 7) is 2.04. The molecule has 5 unspecified atom stereocenters. The molecular weight excluding hydrogens is 260 g/mol. The minimum Gasteiger partial charge on any atom is -0.370 e. The van der Waals surface area contributed by atoms with E-state index in [-0.39, 0.29) is 0 Å². The molecule has 4 nitrogen and oxygen atoms in total. The Morgan fingerprint density at radius 1 is 1.29 bits per heavy atom. The Bertz CT molecular complexity index is 574. The smallest absolute Gasteiger partial charge is 0.128 e. The summed E-state index contributed by atoms with van der Waals surface area (Å²) in [4.78, 5) is 6.93. The largest absolute Gasteiger partial charge is 0.370 e. The van der Waals surface area contributed by atoms with Crippen molar-refractivity contribution in [3.63, 3.8) is 0 Å². The highest BCUT2D eigenvalue weighted by Crippen LogP contribution is 2.76. The van der Waals surface area contributed by atoms with Crippen LogP contribution in [-0.2, 0) is 0 Å². The van der Waals surface area contributed by atoms with Crippen molar-refractivity contribution in [2.75, 3.05) is 23.3 Å². The van der Waals surface area contributed by atoms with Gasteiger partial charge in [0.25, 0.3) is 0 Å². The highest BCUT2D eigenvalue weighted by molar-refractivity contribution is 5.55. The third-order valence-corrected chi connectivity index (χ3v) is 6.65. The predicted octanol–water partition coefficient (Wildman–Crippen LogP) is 2.22. The molecule has 3 saturated carbocycles. The zero-order valence-corrected chi connectivity index (χ0v) is 12.5. The van der Waals surface area contributed by atoms with E-state index in [2.05, 4.69) is 27.3 Å². The lowest BCUT2D eigenvalue weighted by Crippen LogP contribution is -2.47. The van der Waals surface area contributed by atoms with Crippen LogP contribution in [0.15, 0.2) is 18.3 Å². The van der Waals surface area contributed by atoms with Gasteiger partial charge in [0, 0.05) is 43.1 Å². The Morgan fingerprint density at radius 2 is 2.19 bits per heavy atom. The van der Waals surface area contributed by atoms with Crippen LogP contribution >= 0.6 is 0 Å². The van der Waals surface area contributed by atoms with Crippen LogP contribution in [0.5, 0.6) is 0 Å². The van der Waals surface area contributed by atoms with Gasteiger partial charge in [-0.1, -0.05) is 0 Å². The summed E-state index contributed by atoms with van der Waals surface area (Å²) in [6, 6.07) is 5.33. The quantitative estimate of drug-likeness (QED) is 0.893. The van der Waals surface area contributed by atoms with Gasteiger partial charge in [0.05, 0.1) is 0 Å². The van der Waals surface area contributed by atoms with Crippen molar-refractivity contribution in [3.8, 4) is 0 Å². The normalized spacial score (nSPS) is 43.2. The highest BCUT2D eigenvalue weighted by Gasteiger charge is 2.72. The molecule has 4 fully saturated rings. The first-order valence-corrected chi connectivity index (χ1v) is 8.49. The summed E-state index contributed by atoms with van der Waals surface area (Å²) in [5, 5.41) is 3.74. The van der Waals surface area contributed by atoms with E-state index < -0.39 is 0 Å². The van der Waals surface area contributed by atoms with Gasteiger partial charge < -0.3 is 16.0 Å². The second-order valence-electron chi connectivity index (χ2n) is 7.61. The highest BCUT2D eigenvalue weighted by atomic mass is 15.2. The van der Waals surface area contributed by atoms with Gasteiger partial charge in [-0.25, -0.2) is 4.98 Å². The van der Waals surface area contributed by atoms with Crippen LogP contribution in [0, 0.1) is 17.3 Å². The molecule has 5 rings (SSSR count). The molecule has 1 aliphatic heterocycles. The van der Waals surface area contributed by atoms with Crippen LogP contribution in [-0.4, -0.2) is 30.2 Å². The van der Waals surface area contributed by atoms with Gasteiger partial charge in [0.15, 0.2) is 0 Å². The Balaban J connectivity index is 1.32. The van der Waals surface area contributed by atoms with E-state index in [1.165, 1.54) is 31.4 Å². The maximum absolute atomic E-state index is 6.02. The molecule has 4 aliphatic rings. The lowest BCUT2D eigenvalue weighted by atomic mass is 9.67. The molecule has 21 heavy (non-hydrogen) atoms. The maximum Gasteiger partial charge on any atom is 0.128 e. The van der Waals surface area contributed by atoms with Gasteiger partial charge in [-0.2, -0.15) is 0 Å². The fourth-order valence-electron chi connectivity index (χ4n) is 5.39. The molecule has 2 heterocycles. The fraction of sp³-hybridized carbons (Fsp3) is 0.706. The van der Waals surface area contributed by atoms with Gasteiger partial charge in [0.1, 0.15) is 5.82 Å². The third-order valence-electron chi connectivity index (χ3n) is 6.65. The van der Waals surface area contributed by atoms with Crippen LogP contribution in [0.25, 0.3) is 0 Å². The maximum atomic E-state index is 6.02. The lowest BCUT2D eigenvalue weighted by molar-refractivity contribution is 0.137. The van der Waals surface area contributed by atoms with E-state index in [0.29, 0.717) is 17.5 Å². The Hall–Kier alpha value is -1.29. The molecule has 3 aliphatic carbocycles. The van der Waals surface area contributed by atoms with Crippen LogP contribution in [0.3, 0.4) is 0 Å². The van der Waals surface area contributed by atoms with Gasteiger partial charge in [0.2, 0.25) is 0 Å². The average Bonchev–Trinajstić information content (AvgIpc) is 3.01. The Labute approximate surface area is 126 Å². The number of nitrogens with one attached hydrogen (secondary N) is 1. The van der Waals surface area contributed by atoms with Crippen LogP contribution in [0.2, 0.25) is 0 Å². The summed E-state index contributed by atoms with van der Waals surface area (Å²) in [5.74, 6) is 3.09. The van der Waals surface area contributed by atoms with Crippen LogP contribution < -0.4 is 16.0 Å². The molecule has 5 atom stereocenters. The van der Waals surface area contributed by atoms with Gasteiger partial charge in [-0.15, -0.1) is 0 Å². The number of anilines is 2. The number of hydrogen-bond donors (Lipinski definition) is 2. The van der Waals surface area contributed by atoms with Crippen molar-refractivity contribution in [2.45, 2.75) is 44.2 Å². The zero-order chi connectivity index (χ0) is 14.0. The first-order valence-electron chi connectivity index (χ1n) is 8.49. The van der Waals surface area contributed by atoms with Crippen molar-refractivity contribution < 1.29 is 0 Å². The predicted molar refractivity (Wildman–Crippen MR) is 84.3 cm³/mol. The molecule has 0 aromatic carbocycles. The summed E-state index contributed by atoms with van der Waals surface area (Å²) >= 11 is 0. The number of rotatable bonds is 3. The Kier molecular flexibility index (Phi) is 2.41. The zero-order valence-electron chi connectivity index (χ0n) is 12.5. The molecule has 0 radical (unpaired) electrons.